The number of carbonyl (C=O) groups is 2. The molecule has 0 amide bonds. The van der Waals surface area contributed by atoms with Crippen LogP contribution in [0.1, 0.15) is 54.0 Å². The number of esters is 1. The summed E-state index contributed by atoms with van der Waals surface area (Å²) in [6.45, 7) is 9.21. The molecule has 53 heavy (non-hydrogen) atoms. The molecule has 2 saturated heterocycles. The quantitative estimate of drug-likeness (QED) is 0.159. The van der Waals surface area contributed by atoms with Crippen LogP contribution in [0.25, 0.3) is 11.1 Å². The number of aldehydes is 1. The topological polar surface area (TPSA) is 114 Å². The fourth-order valence-corrected chi connectivity index (χ4v) is 7.95. The Morgan fingerprint density at radius 2 is 1.98 bits per heavy atom. The second-order valence-electron chi connectivity index (χ2n) is 14.5. The van der Waals surface area contributed by atoms with Gasteiger partial charge in [-0.05, 0) is 68.1 Å². The highest BCUT2D eigenvalue weighted by Gasteiger charge is 2.33. The standard InChI is InChI=1S/C40H48FN7O5/c1-26-20-46(13-14-47(26)33-23-52-24-33)32-8-9-39(42-19-32)43-36-16-28(21-45(4)40(36)51)34-17-30(41)18-38(35(34)25-53-27(2)50)44(3)12-10-37-29(22-49)15-31-7-5-6-11-48(31)37/h8-9,15-19,21-22,26,33H,5-7,10-14,20,23-25H2,1-4H3,(H,42,43). The van der Waals surface area contributed by atoms with E-state index in [0.29, 0.717) is 58.8 Å². The second kappa shape index (κ2) is 15.5. The van der Waals surface area contributed by atoms with E-state index < -0.39 is 11.8 Å². The van der Waals surface area contributed by atoms with Gasteiger partial charge in [-0.2, -0.15) is 0 Å². The minimum atomic E-state index is -0.473. The molecular weight excluding hydrogens is 677 g/mol. The van der Waals surface area contributed by atoms with Crippen molar-refractivity contribution >= 4 is 35.1 Å². The maximum atomic E-state index is 15.5. The van der Waals surface area contributed by atoms with E-state index in [-0.39, 0.29) is 17.9 Å². The summed E-state index contributed by atoms with van der Waals surface area (Å²) in [6, 6.07) is 11.3. The molecule has 280 valence electrons. The van der Waals surface area contributed by atoms with Gasteiger partial charge in [0.05, 0.1) is 31.1 Å². The molecule has 13 heteroatoms. The molecule has 1 atom stereocenters. The highest BCUT2D eigenvalue weighted by atomic mass is 19.1. The number of hydrogen-bond donors (Lipinski definition) is 1. The smallest absolute Gasteiger partial charge is 0.302 e. The first-order valence-corrected chi connectivity index (χ1v) is 18.5. The average molecular weight is 726 g/mol. The second-order valence-corrected chi connectivity index (χ2v) is 14.5. The van der Waals surface area contributed by atoms with Crippen molar-refractivity contribution in [2.24, 2.45) is 7.05 Å². The van der Waals surface area contributed by atoms with Gasteiger partial charge >= 0.3 is 5.97 Å². The van der Waals surface area contributed by atoms with Crippen molar-refractivity contribution < 1.29 is 23.5 Å². The van der Waals surface area contributed by atoms with Crippen LogP contribution in [0, 0.1) is 5.82 Å². The number of likely N-dealkylation sites (N-methyl/N-ethyl adjacent to an activating group) is 1. The molecule has 1 N–H and O–H groups in total. The van der Waals surface area contributed by atoms with Gasteiger partial charge in [0.1, 0.15) is 23.9 Å². The number of piperazine rings is 1. The van der Waals surface area contributed by atoms with Crippen molar-refractivity contribution in [3.63, 3.8) is 0 Å². The number of ether oxygens (including phenoxy) is 2. The van der Waals surface area contributed by atoms with Gasteiger partial charge in [-0.3, -0.25) is 19.3 Å². The van der Waals surface area contributed by atoms with Crippen LogP contribution in [0.2, 0.25) is 0 Å². The number of anilines is 4. The number of aromatic nitrogens is 3. The average Bonchev–Trinajstić information content (AvgIpc) is 3.49. The van der Waals surface area contributed by atoms with Crippen LogP contribution in [0.4, 0.5) is 27.3 Å². The minimum Gasteiger partial charge on any atom is -0.461 e. The molecule has 3 aliphatic rings. The first kappa shape index (κ1) is 36.4. The number of nitrogens with zero attached hydrogens (tertiary/aromatic N) is 6. The van der Waals surface area contributed by atoms with Crippen molar-refractivity contribution in [3.05, 3.63) is 87.5 Å². The van der Waals surface area contributed by atoms with Crippen molar-refractivity contribution in [2.75, 3.05) is 61.6 Å². The summed E-state index contributed by atoms with van der Waals surface area (Å²) in [5, 5.41) is 3.19. The number of rotatable bonds is 12. The van der Waals surface area contributed by atoms with E-state index in [9.17, 15) is 14.4 Å². The zero-order chi connectivity index (χ0) is 37.2. The largest absolute Gasteiger partial charge is 0.461 e. The van der Waals surface area contributed by atoms with Gasteiger partial charge in [0.15, 0.2) is 6.29 Å². The third-order valence-corrected chi connectivity index (χ3v) is 10.9. The third-order valence-electron chi connectivity index (χ3n) is 10.9. The van der Waals surface area contributed by atoms with Crippen LogP contribution in [-0.4, -0.2) is 89.8 Å². The summed E-state index contributed by atoms with van der Waals surface area (Å²) in [6.07, 6.45) is 8.08. The Labute approximate surface area is 309 Å². The first-order valence-electron chi connectivity index (χ1n) is 18.5. The molecular formula is C40H48FN7O5. The predicted molar refractivity (Wildman–Crippen MR) is 203 cm³/mol. The predicted octanol–water partition coefficient (Wildman–Crippen LogP) is 4.93. The summed E-state index contributed by atoms with van der Waals surface area (Å²) in [5.74, 6) is -0.437. The number of fused-ring (bicyclic) bond motifs is 1. The maximum Gasteiger partial charge on any atom is 0.302 e. The van der Waals surface area contributed by atoms with E-state index in [1.54, 1.807) is 19.3 Å². The zero-order valence-corrected chi connectivity index (χ0v) is 30.9. The Morgan fingerprint density at radius 3 is 2.68 bits per heavy atom. The van der Waals surface area contributed by atoms with Gasteiger partial charge in [-0.15, -0.1) is 0 Å². The molecule has 3 aromatic heterocycles. The van der Waals surface area contributed by atoms with Crippen molar-refractivity contribution in [3.8, 4) is 11.1 Å². The Hall–Kier alpha value is -5.01. The lowest BCUT2D eigenvalue weighted by Crippen LogP contribution is -2.60. The Bertz CT molecular complexity index is 2040. The third kappa shape index (κ3) is 7.72. The highest BCUT2D eigenvalue weighted by molar-refractivity contribution is 5.79. The first-order chi connectivity index (χ1) is 25.6. The minimum absolute atomic E-state index is 0.0966. The Balaban J connectivity index is 1.14. The van der Waals surface area contributed by atoms with E-state index in [1.165, 1.54) is 29.3 Å². The van der Waals surface area contributed by atoms with Crippen LogP contribution in [0.5, 0.6) is 0 Å². The van der Waals surface area contributed by atoms with Gasteiger partial charge in [0, 0.05) is 106 Å². The Morgan fingerprint density at radius 1 is 1.15 bits per heavy atom. The monoisotopic (exact) mass is 725 g/mol. The van der Waals surface area contributed by atoms with Gasteiger partial charge in [-0.1, -0.05) is 0 Å². The van der Waals surface area contributed by atoms with Gasteiger partial charge in [0.25, 0.3) is 5.56 Å². The number of halogens is 1. The lowest BCUT2D eigenvalue weighted by Gasteiger charge is -2.47. The highest BCUT2D eigenvalue weighted by Crippen LogP contribution is 2.35. The Kier molecular flexibility index (Phi) is 10.7. The van der Waals surface area contributed by atoms with E-state index in [2.05, 4.69) is 31.6 Å². The normalized spacial score (nSPS) is 17.6. The fraction of sp³-hybridized carbons (Fsp3) is 0.450. The van der Waals surface area contributed by atoms with E-state index in [4.69, 9.17) is 9.47 Å². The molecule has 1 aromatic carbocycles. The number of pyridine rings is 2. The maximum absolute atomic E-state index is 15.5. The summed E-state index contributed by atoms with van der Waals surface area (Å²) >= 11 is 0. The van der Waals surface area contributed by atoms with Gasteiger partial charge in [0.2, 0.25) is 0 Å². The number of nitrogens with one attached hydrogen (secondary N) is 1. The molecule has 1 unspecified atom stereocenters. The van der Waals surface area contributed by atoms with Gasteiger partial charge < -0.3 is 33.7 Å². The molecule has 3 aliphatic heterocycles. The van der Waals surface area contributed by atoms with Crippen LogP contribution < -0.4 is 20.7 Å². The number of benzene rings is 1. The molecule has 2 fully saturated rings. The fourth-order valence-electron chi connectivity index (χ4n) is 7.95. The van der Waals surface area contributed by atoms with Crippen LogP contribution >= 0.6 is 0 Å². The number of carbonyl (C=O) groups excluding carboxylic acids is 2. The van der Waals surface area contributed by atoms with Gasteiger partial charge in [-0.25, -0.2) is 9.37 Å². The summed E-state index contributed by atoms with van der Waals surface area (Å²) in [5.41, 5.74) is 6.06. The molecule has 0 saturated carbocycles. The summed E-state index contributed by atoms with van der Waals surface area (Å²) in [7, 11) is 3.51. The van der Waals surface area contributed by atoms with Crippen molar-refractivity contribution in [2.45, 2.75) is 64.8 Å². The molecule has 0 bridgehead atoms. The summed E-state index contributed by atoms with van der Waals surface area (Å²) < 4.78 is 30.1. The van der Waals surface area contributed by atoms with E-state index in [1.807, 2.05) is 36.3 Å². The zero-order valence-electron chi connectivity index (χ0n) is 30.9. The molecule has 4 aromatic rings. The summed E-state index contributed by atoms with van der Waals surface area (Å²) in [4.78, 5) is 48.8. The molecule has 7 rings (SSSR count). The lowest BCUT2D eigenvalue weighted by atomic mass is 9.98. The molecule has 0 aliphatic carbocycles. The molecule has 0 spiro atoms. The lowest BCUT2D eigenvalue weighted by molar-refractivity contribution is -0.142. The molecule has 6 heterocycles. The van der Waals surface area contributed by atoms with E-state index >= 15 is 4.39 Å². The number of aryl methyl sites for hydroxylation is 2. The van der Waals surface area contributed by atoms with Crippen molar-refractivity contribution in [1.82, 2.24) is 19.0 Å². The van der Waals surface area contributed by atoms with Crippen LogP contribution in [-0.2, 0) is 47.3 Å². The van der Waals surface area contributed by atoms with Crippen LogP contribution in [0.15, 0.2) is 53.6 Å². The molecule has 12 nitrogen and oxygen atoms in total. The van der Waals surface area contributed by atoms with Crippen molar-refractivity contribution in [1.29, 1.82) is 0 Å². The van der Waals surface area contributed by atoms with Crippen LogP contribution in [0.3, 0.4) is 0 Å². The van der Waals surface area contributed by atoms with E-state index in [0.717, 1.165) is 76.3 Å². The molecule has 0 radical (unpaired) electrons. The number of hydrogen-bond acceptors (Lipinski definition) is 10. The SMILES string of the molecule is CC(=O)OCc1c(-c2cc(Nc3ccc(N4CCN(C5COC5)C(C)C4)cn3)c(=O)n(C)c2)cc(F)cc1N(C)CCc1c(C=O)cc2n1CCCC2.